The van der Waals surface area contributed by atoms with Crippen LogP contribution in [0.5, 0.6) is 5.75 Å². The first-order chi connectivity index (χ1) is 11.6. The molecule has 2 aromatic rings. The molecule has 3 rings (SSSR count). The second-order valence-electron chi connectivity index (χ2n) is 5.60. The molecule has 24 heavy (non-hydrogen) atoms. The predicted molar refractivity (Wildman–Crippen MR) is 90.0 cm³/mol. The van der Waals surface area contributed by atoms with Crippen LogP contribution in [-0.2, 0) is 20.7 Å². The normalized spacial score (nSPS) is 14.0. The summed E-state index contributed by atoms with van der Waals surface area (Å²) in [6.45, 7) is 1.97. The molecule has 1 aliphatic heterocycles. The molecule has 1 amide bonds. The number of rotatable bonds is 5. The van der Waals surface area contributed by atoms with Crippen LogP contribution in [0.15, 0.2) is 54.6 Å². The molecule has 5 nitrogen and oxygen atoms in total. The second kappa shape index (κ2) is 7.17. The van der Waals surface area contributed by atoms with E-state index in [1.165, 1.54) is 0 Å². The summed E-state index contributed by atoms with van der Waals surface area (Å²) >= 11 is 0. The van der Waals surface area contributed by atoms with Gasteiger partial charge in [-0.2, -0.15) is 0 Å². The maximum absolute atomic E-state index is 12.5. The average molecular weight is 325 g/mol. The lowest BCUT2D eigenvalue weighted by atomic mass is 10.2. The van der Waals surface area contributed by atoms with Gasteiger partial charge in [0.05, 0.1) is 0 Å². The zero-order valence-corrected chi connectivity index (χ0v) is 13.5. The minimum absolute atomic E-state index is 0.215. The Kier molecular flexibility index (Phi) is 4.79. The van der Waals surface area contributed by atoms with Crippen molar-refractivity contribution in [3.8, 4) is 5.75 Å². The van der Waals surface area contributed by atoms with Crippen LogP contribution in [0, 0.1) is 0 Å². The summed E-state index contributed by atoms with van der Waals surface area (Å²) in [6, 6.07) is 16.8. The van der Waals surface area contributed by atoms with E-state index < -0.39 is 12.1 Å². The maximum Gasteiger partial charge on any atom is 0.344 e. The Labute approximate surface area is 140 Å². The van der Waals surface area contributed by atoms with Crippen LogP contribution in [0.3, 0.4) is 0 Å². The van der Waals surface area contributed by atoms with Crippen molar-refractivity contribution in [2.24, 2.45) is 0 Å². The van der Waals surface area contributed by atoms with Gasteiger partial charge in [-0.05, 0) is 37.1 Å². The maximum atomic E-state index is 12.5. The summed E-state index contributed by atoms with van der Waals surface area (Å²) in [4.78, 5) is 26.1. The van der Waals surface area contributed by atoms with Crippen LogP contribution in [0.2, 0.25) is 0 Å². The minimum Gasteiger partial charge on any atom is -0.482 e. The highest BCUT2D eigenvalue weighted by molar-refractivity contribution is 5.99. The molecular weight excluding hydrogens is 306 g/mol. The number of esters is 1. The van der Waals surface area contributed by atoms with Crippen molar-refractivity contribution in [1.82, 2.24) is 0 Å². The van der Waals surface area contributed by atoms with Gasteiger partial charge in [-0.3, -0.25) is 4.79 Å². The average Bonchev–Trinajstić information content (AvgIpc) is 3.04. The molecule has 0 saturated heterocycles. The highest BCUT2D eigenvalue weighted by Gasteiger charge is 2.29. The third-order valence-electron chi connectivity index (χ3n) is 3.91. The lowest BCUT2D eigenvalue weighted by Crippen LogP contribution is -2.39. The van der Waals surface area contributed by atoms with E-state index >= 15 is 0 Å². The Morgan fingerprint density at radius 2 is 1.79 bits per heavy atom. The number of hydrogen-bond acceptors (Lipinski definition) is 4. The van der Waals surface area contributed by atoms with E-state index in [-0.39, 0.29) is 12.5 Å². The predicted octanol–water partition coefficient (Wildman–Crippen LogP) is 2.59. The zero-order valence-electron chi connectivity index (χ0n) is 13.5. The topological polar surface area (TPSA) is 55.8 Å². The Balaban J connectivity index is 1.54. The summed E-state index contributed by atoms with van der Waals surface area (Å²) in [7, 11) is 0. The molecule has 0 spiro atoms. The molecule has 0 aliphatic carbocycles. The number of nitrogens with zero attached hydrogens (tertiary/aromatic N) is 1. The van der Waals surface area contributed by atoms with E-state index in [1.807, 2.05) is 42.5 Å². The molecule has 0 unspecified atom stereocenters. The monoisotopic (exact) mass is 325 g/mol. The second-order valence-corrected chi connectivity index (χ2v) is 5.60. The number of carbonyl (C=O) groups excluding carboxylic acids is 2. The van der Waals surface area contributed by atoms with Gasteiger partial charge in [0.25, 0.3) is 5.91 Å². The summed E-state index contributed by atoms with van der Waals surface area (Å²) in [5, 5.41) is 0. The smallest absolute Gasteiger partial charge is 0.344 e. The highest BCUT2D eigenvalue weighted by atomic mass is 16.6. The van der Waals surface area contributed by atoms with Crippen molar-refractivity contribution >= 4 is 17.6 Å². The summed E-state index contributed by atoms with van der Waals surface area (Å²) in [5.74, 6) is -0.193. The summed E-state index contributed by atoms with van der Waals surface area (Å²) in [6.07, 6.45) is -0.0253. The molecule has 0 N–H and O–H groups in total. The molecular formula is C19H19NO4. The molecule has 124 valence electrons. The van der Waals surface area contributed by atoms with Crippen molar-refractivity contribution in [1.29, 1.82) is 0 Å². The Bertz CT molecular complexity index is 729. The molecule has 0 bridgehead atoms. The molecule has 1 aliphatic rings. The minimum atomic E-state index is -0.844. The van der Waals surface area contributed by atoms with Gasteiger partial charge in [-0.25, -0.2) is 4.79 Å². The molecule has 0 aromatic heterocycles. The van der Waals surface area contributed by atoms with Gasteiger partial charge in [0.15, 0.2) is 12.7 Å². The first kappa shape index (κ1) is 16.1. The molecule has 0 radical (unpaired) electrons. The quantitative estimate of drug-likeness (QED) is 0.793. The first-order valence-corrected chi connectivity index (χ1v) is 7.92. The Morgan fingerprint density at radius 1 is 1.08 bits per heavy atom. The highest BCUT2D eigenvalue weighted by Crippen LogP contribution is 2.28. The van der Waals surface area contributed by atoms with Gasteiger partial charge >= 0.3 is 5.97 Å². The van der Waals surface area contributed by atoms with Crippen molar-refractivity contribution < 1.29 is 19.1 Å². The number of carbonyl (C=O) groups is 2. The zero-order chi connectivity index (χ0) is 16.9. The number of benzene rings is 2. The number of amides is 1. The third-order valence-corrected chi connectivity index (χ3v) is 3.91. The Hall–Kier alpha value is -2.82. The van der Waals surface area contributed by atoms with Crippen LogP contribution in [0.4, 0.5) is 5.69 Å². The summed E-state index contributed by atoms with van der Waals surface area (Å²) in [5.41, 5.74) is 2.03. The van der Waals surface area contributed by atoms with Gasteiger partial charge in [0, 0.05) is 12.2 Å². The van der Waals surface area contributed by atoms with Gasteiger partial charge in [0.2, 0.25) is 0 Å². The largest absolute Gasteiger partial charge is 0.482 e. The lowest BCUT2D eigenvalue weighted by molar-refractivity contribution is -0.155. The van der Waals surface area contributed by atoms with E-state index in [2.05, 4.69) is 0 Å². The van der Waals surface area contributed by atoms with Crippen LogP contribution in [0.25, 0.3) is 0 Å². The molecule has 1 heterocycles. The van der Waals surface area contributed by atoms with Crippen LogP contribution < -0.4 is 9.64 Å². The fourth-order valence-electron chi connectivity index (χ4n) is 2.73. The van der Waals surface area contributed by atoms with E-state index in [9.17, 15) is 9.59 Å². The van der Waals surface area contributed by atoms with E-state index in [4.69, 9.17) is 9.47 Å². The van der Waals surface area contributed by atoms with Crippen LogP contribution in [-0.4, -0.2) is 31.1 Å². The number of ether oxygens (including phenoxy) is 2. The third kappa shape index (κ3) is 3.56. The Morgan fingerprint density at radius 3 is 2.58 bits per heavy atom. The molecule has 5 heteroatoms. The number of para-hydroxylation sites is 2. The fraction of sp³-hybridized carbons (Fsp3) is 0.263. The molecule has 2 aromatic carbocycles. The van der Waals surface area contributed by atoms with Crippen LogP contribution in [0.1, 0.15) is 12.5 Å². The SMILES string of the molecule is C[C@@H](OC(=O)COc1ccccc1)C(=O)N1CCc2ccccc21. The van der Waals surface area contributed by atoms with Crippen molar-refractivity contribution in [2.45, 2.75) is 19.4 Å². The molecule has 0 fully saturated rings. The van der Waals surface area contributed by atoms with Gasteiger partial charge in [-0.1, -0.05) is 36.4 Å². The van der Waals surface area contributed by atoms with Crippen molar-refractivity contribution in [2.75, 3.05) is 18.1 Å². The molecule has 0 saturated carbocycles. The standard InChI is InChI=1S/C19H19NO4/c1-14(24-18(21)13-23-16-8-3-2-4-9-16)19(22)20-12-11-15-7-5-6-10-17(15)20/h2-10,14H,11-13H2,1H3/t14-/m1/s1. The fourth-order valence-corrected chi connectivity index (χ4v) is 2.73. The van der Waals surface area contributed by atoms with Gasteiger partial charge in [-0.15, -0.1) is 0 Å². The van der Waals surface area contributed by atoms with Crippen molar-refractivity contribution in [3.05, 3.63) is 60.2 Å². The number of fused-ring (bicyclic) bond motifs is 1. The first-order valence-electron chi connectivity index (χ1n) is 7.92. The van der Waals surface area contributed by atoms with Gasteiger partial charge in [0.1, 0.15) is 5.75 Å². The van der Waals surface area contributed by atoms with Gasteiger partial charge < -0.3 is 14.4 Å². The van der Waals surface area contributed by atoms with Crippen molar-refractivity contribution in [3.63, 3.8) is 0 Å². The number of anilines is 1. The van der Waals surface area contributed by atoms with E-state index in [1.54, 1.807) is 24.0 Å². The van der Waals surface area contributed by atoms with E-state index in [0.717, 1.165) is 17.7 Å². The molecule has 1 atom stereocenters. The number of hydrogen-bond donors (Lipinski definition) is 0. The van der Waals surface area contributed by atoms with E-state index in [0.29, 0.717) is 12.3 Å². The summed E-state index contributed by atoms with van der Waals surface area (Å²) < 4.78 is 10.5. The lowest BCUT2D eigenvalue weighted by Gasteiger charge is -2.21. The van der Waals surface area contributed by atoms with Crippen LogP contribution >= 0.6 is 0 Å².